The highest BCUT2D eigenvalue weighted by molar-refractivity contribution is 7.20. The van der Waals surface area contributed by atoms with Gasteiger partial charge in [-0.3, -0.25) is 0 Å². The van der Waals surface area contributed by atoms with E-state index in [9.17, 15) is 9.90 Å². The van der Waals surface area contributed by atoms with Gasteiger partial charge in [-0.15, -0.1) is 22.7 Å². The quantitative estimate of drug-likeness (QED) is 0.780. The molecule has 0 atom stereocenters. The molecule has 108 valence electrons. The summed E-state index contributed by atoms with van der Waals surface area (Å²) < 4.78 is 5.74. The molecule has 0 fully saturated rings. The first-order valence-electron chi connectivity index (χ1n) is 6.29. The lowest BCUT2D eigenvalue weighted by molar-refractivity contribution is 0.0701. The van der Waals surface area contributed by atoms with Gasteiger partial charge in [0.2, 0.25) is 5.88 Å². The van der Waals surface area contributed by atoms with Crippen molar-refractivity contribution in [2.45, 2.75) is 13.3 Å². The Balaban J connectivity index is 1.86. The minimum Gasteiger partial charge on any atom is -0.477 e. The maximum Gasteiger partial charge on any atom is 0.346 e. The summed E-state index contributed by atoms with van der Waals surface area (Å²) in [6, 6.07) is 4.06. The van der Waals surface area contributed by atoms with Gasteiger partial charge in [0.15, 0.2) is 0 Å². The molecule has 0 aliphatic heterocycles. The lowest BCUT2D eigenvalue weighted by Gasteiger charge is -2.05. The van der Waals surface area contributed by atoms with E-state index in [-0.39, 0.29) is 4.88 Å². The third kappa shape index (κ3) is 2.74. The lowest BCUT2D eigenvalue weighted by Crippen LogP contribution is -2.02. The van der Waals surface area contributed by atoms with Gasteiger partial charge in [-0.05, 0) is 23.9 Å². The number of thiophene rings is 2. The van der Waals surface area contributed by atoms with Gasteiger partial charge in [0.1, 0.15) is 16.0 Å². The van der Waals surface area contributed by atoms with Crippen molar-refractivity contribution in [3.63, 3.8) is 0 Å². The number of aromatic nitrogens is 2. The third-order valence-corrected chi connectivity index (χ3v) is 5.18. The van der Waals surface area contributed by atoms with Crippen molar-refractivity contribution in [1.82, 2.24) is 9.97 Å². The number of hydrogen-bond donors (Lipinski definition) is 1. The monoisotopic (exact) mass is 320 g/mol. The van der Waals surface area contributed by atoms with E-state index in [2.05, 4.69) is 16.0 Å². The molecular weight excluding hydrogens is 308 g/mol. The Labute approximate surface area is 128 Å². The maximum atomic E-state index is 11.2. The summed E-state index contributed by atoms with van der Waals surface area (Å²) in [5.74, 6) is -0.488. The van der Waals surface area contributed by atoms with Gasteiger partial charge in [0.05, 0.1) is 12.0 Å². The number of fused-ring (bicyclic) bond motifs is 1. The van der Waals surface area contributed by atoms with Crippen molar-refractivity contribution in [1.29, 1.82) is 0 Å². The van der Waals surface area contributed by atoms with Crippen molar-refractivity contribution in [2.24, 2.45) is 0 Å². The minimum absolute atomic E-state index is 0.286. The van der Waals surface area contributed by atoms with Gasteiger partial charge in [0, 0.05) is 11.3 Å². The largest absolute Gasteiger partial charge is 0.477 e. The topological polar surface area (TPSA) is 72.3 Å². The van der Waals surface area contributed by atoms with Crippen LogP contribution in [0.15, 0.2) is 23.8 Å². The number of aromatic carboxylic acids is 1. The van der Waals surface area contributed by atoms with Crippen LogP contribution in [0, 0.1) is 6.92 Å². The standard InChI is InChI=1S/C14H12N2O3S2/c1-8-10-12(19-5-4-9-3-2-6-20-9)15-7-16-13(10)21-11(8)14(17)18/h2-3,6-7H,4-5H2,1H3,(H,17,18). The number of hydrogen-bond acceptors (Lipinski definition) is 6. The maximum absolute atomic E-state index is 11.2. The van der Waals surface area contributed by atoms with E-state index >= 15 is 0 Å². The molecule has 21 heavy (non-hydrogen) atoms. The van der Waals surface area contributed by atoms with E-state index in [0.717, 1.165) is 17.8 Å². The SMILES string of the molecule is Cc1c(C(=O)O)sc2ncnc(OCCc3cccs3)c12. The Hall–Kier alpha value is -1.99. The number of carboxylic acids is 1. The van der Waals surface area contributed by atoms with Crippen LogP contribution < -0.4 is 4.74 Å². The predicted octanol–water partition coefficient (Wildman–Crippen LogP) is 3.38. The molecule has 3 heterocycles. The number of rotatable bonds is 5. The number of ether oxygens (including phenoxy) is 1. The van der Waals surface area contributed by atoms with Gasteiger partial charge < -0.3 is 9.84 Å². The zero-order valence-electron chi connectivity index (χ0n) is 11.2. The normalized spacial score (nSPS) is 10.9. The number of aryl methyl sites for hydroxylation is 1. The summed E-state index contributed by atoms with van der Waals surface area (Å²) in [7, 11) is 0. The van der Waals surface area contributed by atoms with Crippen molar-refractivity contribution in [2.75, 3.05) is 6.61 Å². The molecule has 0 saturated heterocycles. The highest BCUT2D eigenvalue weighted by atomic mass is 32.1. The van der Waals surface area contributed by atoms with Crippen LogP contribution in [0.3, 0.4) is 0 Å². The summed E-state index contributed by atoms with van der Waals surface area (Å²) in [5, 5.41) is 11.9. The molecule has 0 aromatic carbocycles. The van der Waals surface area contributed by atoms with Crippen LogP contribution in [-0.4, -0.2) is 27.7 Å². The highest BCUT2D eigenvalue weighted by Gasteiger charge is 2.19. The summed E-state index contributed by atoms with van der Waals surface area (Å²) in [6.45, 7) is 2.27. The van der Waals surface area contributed by atoms with Crippen LogP contribution in [0.1, 0.15) is 20.1 Å². The van der Waals surface area contributed by atoms with E-state index in [1.165, 1.54) is 11.2 Å². The van der Waals surface area contributed by atoms with Crippen LogP contribution >= 0.6 is 22.7 Å². The molecule has 0 radical (unpaired) electrons. The summed E-state index contributed by atoms with van der Waals surface area (Å²) >= 11 is 2.83. The molecule has 0 bridgehead atoms. The molecule has 1 N–H and O–H groups in total. The number of carboxylic acid groups (broad SMARTS) is 1. The summed E-state index contributed by atoms with van der Waals surface area (Å²) in [5.41, 5.74) is 0.661. The molecule has 0 spiro atoms. The first kappa shape index (κ1) is 14.0. The second-order valence-corrected chi connectivity index (χ2v) is 6.43. The Morgan fingerprint density at radius 2 is 2.29 bits per heavy atom. The van der Waals surface area contributed by atoms with E-state index in [4.69, 9.17) is 4.74 Å². The average Bonchev–Trinajstić information content (AvgIpc) is 3.07. The van der Waals surface area contributed by atoms with E-state index in [1.54, 1.807) is 18.3 Å². The molecule has 0 amide bonds. The van der Waals surface area contributed by atoms with Crippen LogP contribution in [0.25, 0.3) is 10.2 Å². The van der Waals surface area contributed by atoms with E-state index in [1.807, 2.05) is 11.4 Å². The van der Waals surface area contributed by atoms with Gasteiger partial charge in [0.25, 0.3) is 0 Å². The molecule has 0 aliphatic carbocycles. The van der Waals surface area contributed by atoms with Crippen LogP contribution in [0.5, 0.6) is 5.88 Å². The van der Waals surface area contributed by atoms with Crippen molar-refractivity contribution in [3.05, 3.63) is 39.2 Å². The molecule has 3 rings (SSSR count). The molecule has 5 nitrogen and oxygen atoms in total. The Kier molecular flexibility index (Phi) is 3.85. The Morgan fingerprint density at radius 3 is 3.00 bits per heavy atom. The van der Waals surface area contributed by atoms with Crippen molar-refractivity contribution < 1.29 is 14.6 Å². The fourth-order valence-electron chi connectivity index (χ4n) is 2.06. The summed E-state index contributed by atoms with van der Waals surface area (Å²) in [6.07, 6.45) is 2.21. The first-order chi connectivity index (χ1) is 10.2. The lowest BCUT2D eigenvalue weighted by atomic mass is 10.2. The minimum atomic E-state index is -0.944. The number of carbonyl (C=O) groups is 1. The molecule has 0 aliphatic rings. The van der Waals surface area contributed by atoms with Crippen LogP contribution in [0.2, 0.25) is 0 Å². The Morgan fingerprint density at radius 1 is 1.43 bits per heavy atom. The van der Waals surface area contributed by atoms with Gasteiger partial charge in [-0.1, -0.05) is 6.07 Å². The molecular formula is C14H12N2O3S2. The average molecular weight is 320 g/mol. The zero-order chi connectivity index (χ0) is 14.8. The first-order valence-corrected chi connectivity index (χ1v) is 7.99. The molecule has 3 aromatic heterocycles. The highest BCUT2D eigenvalue weighted by Crippen LogP contribution is 2.34. The molecule has 3 aromatic rings. The second-order valence-electron chi connectivity index (χ2n) is 4.40. The third-order valence-electron chi connectivity index (χ3n) is 3.05. The Bertz CT molecular complexity index is 781. The van der Waals surface area contributed by atoms with Crippen LogP contribution in [-0.2, 0) is 6.42 Å². The number of nitrogens with zero attached hydrogens (tertiary/aromatic N) is 2. The molecule has 7 heteroatoms. The predicted molar refractivity (Wildman–Crippen MR) is 82.6 cm³/mol. The molecule has 0 saturated carbocycles. The van der Waals surface area contributed by atoms with Crippen LogP contribution in [0.4, 0.5) is 0 Å². The van der Waals surface area contributed by atoms with Gasteiger partial charge in [-0.2, -0.15) is 0 Å². The van der Waals surface area contributed by atoms with Crippen molar-refractivity contribution in [3.8, 4) is 5.88 Å². The smallest absolute Gasteiger partial charge is 0.346 e. The summed E-state index contributed by atoms with van der Waals surface area (Å²) in [4.78, 5) is 21.6. The van der Waals surface area contributed by atoms with Gasteiger partial charge in [-0.25, -0.2) is 14.8 Å². The molecule has 0 unspecified atom stereocenters. The van der Waals surface area contributed by atoms with Crippen molar-refractivity contribution >= 4 is 38.9 Å². The van der Waals surface area contributed by atoms with Gasteiger partial charge >= 0.3 is 5.97 Å². The van der Waals surface area contributed by atoms with E-state index < -0.39 is 5.97 Å². The zero-order valence-corrected chi connectivity index (χ0v) is 12.8. The fourth-order valence-corrected chi connectivity index (χ4v) is 3.72. The second kappa shape index (κ2) is 5.79. The fraction of sp³-hybridized carbons (Fsp3) is 0.214. The van der Waals surface area contributed by atoms with E-state index in [0.29, 0.717) is 28.3 Å².